The molecule has 90 valence electrons. The van der Waals surface area contributed by atoms with Crippen molar-refractivity contribution in [2.24, 2.45) is 0 Å². The molecule has 0 aliphatic carbocycles. The van der Waals surface area contributed by atoms with E-state index in [2.05, 4.69) is 4.98 Å². The fourth-order valence-electron chi connectivity index (χ4n) is 2.20. The van der Waals surface area contributed by atoms with Crippen molar-refractivity contribution in [1.29, 1.82) is 0 Å². The SMILES string of the molecule is Cc1nc(N)c(S(C)(=O)=O)c(C)c1C(C)C. The van der Waals surface area contributed by atoms with Crippen LogP contribution in [0.2, 0.25) is 0 Å². The second kappa shape index (κ2) is 4.05. The predicted octanol–water partition coefficient (Wildman–Crippen LogP) is 1.81. The summed E-state index contributed by atoms with van der Waals surface area (Å²) in [5, 5.41) is 0. The van der Waals surface area contributed by atoms with Crippen LogP contribution in [0.5, 0.6) is 0 Å². The van der Waals surface area contributed by atoms with Crippen molar-refractivity contribution in [2.75, 3.05) is 12.0 Å². The van der Waals surface area contributed by atoms with Crippen LogP contribution in [0, 0.1) is 13.8 Å². The minimum atomic E-state index is -3.32. The van der Waals surface area contributed by atoms with Crippen molar-refractivity contribution in [3.05, 3.63) is 16.8 Å². The minimum Gasteiger partial charge on any atom is -0.383 e. The van der Waals surface area contributed by atoms with Crippen LogP contribution in [0.1, 0.15) is 36.6 Å². The molecule has 0 aliphatic rings. The van der Waals surface area contributed by atoms with E-state index >= 15 is 0 Å². The third kappa shape index (κ3) is 2.19. The van der Waals surface area contributed by atoms with Gasteiger partial charge in [-0.2, -0.15) is 0 Å². The zero-order chi connectivity index (χ0) is 12.7. The van der Waals surface area contributed by atoms with E-state index in [4.69, 9.17) is 5.73 Å². The molecule has 0 bridgehead atoms. The normalized spacial score (nSPS) is 12.1. The second-order valence-electron chi connectivity index (χ2n) is 4.38. The Labute approximate surface area is 96.8 Å². The fourth-order valence-corrected chi connectivity index (χ4v) is 3.29. The number of hydrogen-bond acceptors (Lipinski definition) is 4. The molecule has 1 aromatic heterocycles. The Morgan fingerprint density at radius 2 is 1.75 bits per heavy atom. The Bertz CT molecular complexity index is 519. The lowest BCUT2D eigenvalue weighted by molar-refractivity contribution is 0.601. The third-order valence-corrected chi connectivity index (χ3v) is 3.86. The number of nitrogens with two attached hydrogens (primary N) is 1. The van der Waals surface area contributed by atoms with Crippen molar-refractivity contribution in [1.82, 2.24) is 4.98 Å². The topological polar surface area (TPSA) is 73.0 Å². The van der Waals surface area contributed by atoms with E-state index in [1.807, 2.05) is 20.8 Å². The molecule has 0 saturated heterocycles. The fraction of sp³-hybridized carbons (Fsp3) is 0.545. The van der Waals surface area contributed by atoms with Crippen LogP contribution in [0.4, 0.5) is 5.82 Å². The van der Waals surface area contributed by atoms with Crippen molar-refractivity contribution < 1.29 is 8.42 Å². The molecule has 0 aromatic carbocycles. The Balaban J connectivity index is 3.72. The van der Waals surface area contributed by atoms with Crippen molar-refractivity contribution in [3.63, 3.8) is 0 Å². The van der Waals surface area contributed by atoms with Crippen LogP contribution in [-0.2, 0) is 9.84 Å². The molecule has 4 nitrogen and oxygen atoms in total. The number of nitrogen functional groups attached to an aromatic ring is 1. The van der Waals surface area contributed by atoms with E-state index in [9.17, 15) is 8.42 Å². The van der Waals surface area contributed by atoms with Crippen LogP contribution < -0.4 is 5.73 Å². The molecule has 1 heterocycles. The number of anilines is 1. The number of pyridine rings is 1. The maximum atomic E-state index is 11.6. The lowest BCUT2D eigenvalue weighted by atomic mass is 9.97. The van der Waals surface area contributed by atoms with Crippen LogP contribution in [-0.4, -0.2) is 19.7 Å². The monoisotopic (exact) mass is 242 g/mol. The van der Waals surface area contributed by atoms with Crippen LogP contribution in [0.25, 0.3) is 0 Å². The van der Waals surface area contributed by atoms with Gasteiger partial charge >= 0.3 is 0 Å². The minimum absolute atomic E-state index is 0.0990. The first kappa shape index (κ1) is 13.0. The molecule has 0 radical (unpaired) electrons. The summed E-state index contributed by atoms with van der Waals surface area (Å²) in [4.78, 5) is 4.29. The van der Waals surface area contributed by atoms with Gasteiger partial charge in [-0.25, -0.2) is 13.4 Å². The number of rotatable bonds is 2. The van der Waals surface area contributed by atoms with Crippen LogP contribution >= 0.6 is 0 Å². The molecule has 0 saturated carbocycles. The Kier molecular flexibility index (Phi) is 3.28. The first-order chi connectivity index (χ1) is 7.16. The van der Waals surface area contributed by atoms with Gasteiger partial charge in [-0.05, 0) is 30.9 Å². The summed E-state index contributed by atoms with van der Waals surface area (Å²) in [6.45, 7) is 7.67. The smallest absolute Gasteiger partial charge is 0.179 e. The summed E-state index contributed by atoms with van der Waals surface area (Å²) in [7, 11) is -3.32. The predicted molar refractivity (Wildman–Crippen MR) is 65.3 cm³/mol. The van der Waals surface area contributed by atoms with Crippen LogP contribution in [0.3, 0.4) is 0 Å². The Hall–Kier alpha value is -1.10. The molecule has 1 aromatic rings. The summed E-state index contributed by atoms with van der Waals surface area (Å²) in [6, 6.07) is 0. The molecule has 1 rings (SSSR count). The Morgan fingerprint density at radius 1 is 1.25 bits per heavy atom. The van der Waals surface area contributed by atoms with Crippen molar-refractivity contribution in [3.8, 4) is 0 Å². The van der Waals surface area contributed by atoms with Gasteiger partial charge in [0.05, 0.1) is 0 Å². The van der Waals surface area contributed by atoms with Gasteiger partial charge in [0, 0.05) is 11.9 Å². The maximum absolute atomic E-state index is 11.6. The molecule has 2 N–H and O–H groups in total. The van der Waals surface area contributed by atoms with Gasteiger partial charge in [-0.1, -0.05) is 13.8 Å². The zero-order valence-corrected chi connectivity index (χ0v) is 11.1. The van der Waals surface area contributed by atoms with E-state index in [-0.39, 0.29) is 16.6 Å². The van der Waals surface area contributed by atoms with E-state index in [0.29, 0.717) is 0 Å². The van der Waals surface area contributed by atoms with Gasteiger partial charge in [0.2, 0.25) is 0 Å². The largest absolute Gasteiger partial charge is 0.383 e. The van der Waals surface area contributed by atoms with Gasteiger partial charge in [0.1, 0.15) is 10.7 Å². The van der Waals surface area contributed by atoms with Crippen molar-refractivity contribution in [2.45, 2.75) is 38.5 Å². The number of hydrogen-bond donors (Lipinski definition) is 1. The first-order valence-corrected chi connectivity index (χ1v) is 7.02. The standard InChI is InChI=1S/C11H18N2O2S/c1-6(2)9-7(3)10(16(5,14)15)11(12)13-8(9)4/h6H,1-5H3,(H2,12,13). The lowest BCUT2D eigenvalue weighted by Crippen LogP contribution is -2.12. The maximum Gasteiger partial charge on any atom is 0.179 e. The van der Waals surface area contributed by atoms with Crippen LogP contribution in [0.15, 0.2) is 4.90 Å². The van der Waals surface area contributed by atoms with E-state index in [1.165, 1.54) is 0 Å². The average molecular weight is 242 g/mol. The molecule has 16 heavy (non-hydrogen) atoms. The third-order valence-electron chi connectivity index (χ3n) is 2.60. The summed E-state index contributed by atoms with van der Waals surface area (Å²) in [5.74, 6) is 0.329. The highest BCUT2D eigenvalue weighted by atomic mass is 32.2. The highest BCUT2D eigenvalue weighted by Gasteiger charge is 2.21. The number of aromatic nitrogens is 1. The molecular weight excluding hydrogens is 224 g/mol. The number of aryl methyl sites for hydroxylation is 1. The van der Waals surface area contributed by atoms with E-state index in [0.717, 1.165) is 23.1 Å². The second-order valence-corrected chi connectivity index (χ2v) is 6.33. The molecule has 0 unspecified atom stereocenters. The molecule has 0 amide bonds. The van der Waals surface area contributed by atoms with Gasteiger partial charge < -0.3 is 5.73 Å². The highest BCUT2D eigenvalue weighted by molar-refractivity contribution is 7.91. The first-order valence-electron chi connectivity index (χ1n) is 5.12. The quantitative estimate of drug-likeness (QED) is 0.858. The number of nitrogens with zero attached hydrogens (tertiary/aromatic N) is 1. The van der Waals surface area contributed by atoms with Gasteiger partial charge in [0.25, 0.3) is 0 Å². The Morgan fingerprint density at radius 3 is 2.12 bits per heavy atom. The molecule has 5 heteroatoms. The van der Waals surface area contributed by atoms with Gasteiger partial charge in [-0.3, -0.25) is 0 Å². The summed E-state index contributed by atoms with van der Waals surface area (Å²) >= 11 is 0. The summed E-state index contributed by atoms with van der Waals surface area (Å²) in [5.41, 5.74) is 8.18. The van der Waals surface area contributed by atoms with E-state index in [1.54, 1.807) is 6.92 Å². The summed E-state index contributed by atoms with van der Waals surface area (Å²) < 4.78 is 23.3. The van der Waals surface area contributed by atoms with E-state index < -0.39 is 9.84 Å². The number of sulfone groups is 1. The summed E-state index contributed by atoms with van der Waals surface area (Å²) in [6.07, 6.45) is 1.16. The van der Waals surface area contributed by atoms with Gasteiger partial charge in [-0.15, -0.1) is 0 Å². The molecule has 0 aliphatic heterocycles. The molecular formula is C11H18N2O2S. The van der Waals surface area contributed by atoms with Gasteiger partial charge in [0.15, 0.2) is 9.84 Å². The highest BCUT2D eigenvalue weighted by Crippen LogP contribution is 2.30. The molecule has 0 fully saturated rings. The average Bonchev–Trinajstić information content (AvgIpc) is 1.97. The zero-order valence-electron chi connectivity index (χ0n) is 10.3. The molecule has 0 spiro atoms. The lowest BCUT2D eigenvalue weighted by Gasteiger charge is -2.17. The molecule has 0 atom stereocenters. The van der Waals surface area contributed by atoms with Crippen molar-refractivity contribution >= 4 is 15.7 Å².